The van der Waals surface area contributed by atoms with Gasteiger partial charge in [0.15, 0.2) is 0 Å². The van der Waals surface area contributed by atoms with E-state index in [0.717, 1.165) is 18.8 Å². The molecule has 2 saturated heterocycles. The Morgan fingerprint density at radius 2 is 2.12 bits per heavy atom. The number of aromatic nitrogens is 2. The zero-order chi connectivity index (χ0) is 18.9. The molecular weight excluding hydrogens is 351 g/mol. The summed E-state index contributed by atoms with van der Waals surface area (Å²) in [5.74, 6) is 0.116. The molecule has 3 heterocycles. The third-order valence-corrected chi connectivity index (χ3v) is 4.96. The van der Waals surface area contributed by atoms with Gasteiger partial charge in [0.1, 0.15) is 0 Å². The molecule has 2 aliphatic rings. The number of hydrogen-bond acceptors (Lipinski definition) is 4. The summed E-state index contributed by atoms with van der Waals surface area (Å²) in [4.78, 5) is 13.6. The van der Waals surface area contributed by atoms with Crippen LogP contribution in [-0.2, 0) is 22.2 Å². The number of nitrogens with zero attached hydrogens (tertiary/aromatic N) is 3. The normalized spacial score (nSPS) is 23.0. The third kappa shape index (κ3) is 4.31. The van der Waals surface area contributed by atoms with Gasteiger partial charge >= 0.3 is 12.3 Å². The molecule has 3 rings (SSSR count). The van der Waals surface area contributed by atoms with Crippen LogP contribution in [0.25, 0.3) is 0 Å². The molecule has 1 atom stereocenters. The average molecular weight is 375 g/mol. The summed E-state index contributed by atoms with van der Waals surface area (Å²) in [6, 6.07) is 0. The Kier molecular flexibility index (Phi) is 5.18. The number of likely N-dealkylation sites (tertiary alicyclic amines) is 1. The summed E-state index contributed by atoms with van der Waals surface area (Å²) in [6.07, 6.45) is -0.751. The number of hydrogen-bond donors (Lipinski definition) is 0. The minimum absolute atomic E-state index is 0.116. The predicted octanol–water partition coefficient (Wildman–Crippen LogP) is 3.32. The first kappa shape index (κ1) is 19.0. The minimum Gasteiger partial charge on any atom is -0.447 e. The molecule has 0 bridgehead atoms. The van der Waals surface area contributed by atoms with Crippen molar-refractivity contribution < 1.29 is 27.4 Å². The largest absolute Gasteiger partial charge is 0.447 e. The highest BCUT2D eigenvalue weighted by atomic mass is 19.4. The molecule has 26 heavy (non-hydrogen) atoms. The van der Waals surface area contributed by atoms with E-state index in [9.17, 15) is 18.0 Å². The molecule has 0 aliphatic carbocycles. The van der Waals surface area contributed by atoms with Gasteiger partial charge in [0, 0.05) is 31.7 Å². The lowest BCUT2D eigenvalue weighted by atomic mass is 9.85. The lowest BCUT2D eigenvalue weighted by Gasteiger charge is -2.38. The number of amides is 1. The quantitative estimate of drug-likeness (QED) is 0.813. The lowest BCUT2D eigenvalue weighted by Crippen LogP contribution is -2.47. The maximum absolute atomic E-state index is 12.7. The van der Waals surface area contributed by atoms with Gasteiger partial charge in [-0.2, -0.15) is 18.3 Å². The monoisotopic (exact) mass is 375 g/mol. The molecule has 9 heteroatoms. The van der Waals surface area contributed by atoms with Crippen LogP contribution in [0.2, 0.25) is 0 Å². The van der Waals surface area contributed by atoms with Gasteiger partial charge in [0.2, 0.25) is 0 Å². The molecule has 1 aromatic heterocycles. The molecule has 6 nitrogen and oxygen atoms in total. The first-order valence-electron chi connectivity index (χ1n) is 8.86. The number of carbonyl (C=O) groups is 1. The Morgan fingerprint density at radius 1 is 1.42 bits per heavy atom. The highest BCUT2D eigenvalue weighted by molar-refractivity contribution is 5.67. The minimum atomic E-state index is -4.37. The number of carbonyl (C=O) groups excluding carboxylic acids is 1. The van der Waals surface area contributed by atoms with Crippen LogP contribution in [0.4, 0.5) is 18.0 Å². The van der Waals surface area contributed by atoms with Crippen LogP contribution in [0, 0.1) is 5.92 Å². The fourth-order valence-electron chi connectivity index (χ4n) is 3.65. The van der Waals surface area contributed by atoms with Crippen molar-refractivity contribution >= 4 is 6.09 Å². The Labute approximate surface area is 150 Å². The molecule has 0 saturated carbocycles. The Hall–Kier alpha value is -1.77. The first-order chi connectivity index (χ1) is 12.2. The summed E-state index contributed by atoms with van der Waals surface area (Å²) in [7, 11) is 0. The van der Waals surface area contributed by atoms with Crippen LogP contribution in [-0.4, -0.2) is 52.2 Å². The predicted molar refractivity (Wildman–Crippen MR) is 86.4 cm³/mol. The SMILES string of the molecule is CC(C)OC(=O)N1CCC2(CC1)CC(Cn1cc(C(F)(F)F)cn1)CO2. The summed E-state index contributed by atoms with van der Waals surface area (Å²) < 4.78 is 50.5. The van der Waals surface area contributed by atoms with E-state index in [1.54, 1.807) is 4.90 Å². The van der Waals surface area contributed by atoms with Crippen molar-refractivity contribution in [3.63, 3.8) is 0 Å². The highest BCUT2D eigenvalue weighted by Gasteiger charge is 2.44. The first-order valence-corrected chi connectivity index (χ1v) is 8.86. The van der Waals surface area contributed by atoms with E-state index in [4.69, 9.17) is 9.47 Å². The maximum atomic E-state index is 12.7. The number of piperidine rings is 1. The number of alkyl halides is 3. The Morgan fingerprint density at radius 3 is 2.69 bits per heavy atom. The summed E-state index contributed by atoms with van der Waals surface area (Å²) in [5.41, 5.74) is -1.03. The number of ether oxygens (including phenoxy) is 2. The van der Waals surface area contributed by atoms with Crippen LogP contribution in [0.15, 0.2) is 12.4 Å². The van der Waals surface area contributed by atoms with E-state index in [0.29, 0.717) is 39.1 Å². The fraction of sp³-hybridized carbons (Fsp3) is 0.765. The van der Waals surface area contributed by atoms with Gasteiger partial charge in [-0.3, -0.25) is 4.68 Å². The Bertz CT molecular complexity index is 637. The standard InChI is InChI=1S/C17H24F3N3O3/c1-12(2)26-15(24)22-5-3-16(4-6-22)7-13(11-25-16)9-23-10-14(8-21-23)17(18,19)20/h8,10,12-13H,3-7,9,11H2,1-2H3. The Balaban J connectivity index is 1.51. The topological polar surface area (TPSA) is 56.6 Å². The van der Waals surface area contributed by atoms with Crippen molar-refractivity contribution in [3.05, 3.63) is 18.0 Å². The molecule has 1 spiro atoms. The molecule has 1 amide bonds. The third-order valence-electron chi connectivity index (χ3n) is 4.96. The van der Waals surface area contributed by atoms with E-state index in [1.165, 1.54) is 4.68 Å². The van der Waals surface area contributed by atoms with Gasteiger partial charge in [-0.1, -0.05) is 0 Å². The smallest absolute Gasteiger partial charge is 0.419 e. The second-order valence-electron chi connectivity index (χ2n) is 7.43. The summed E-state index contributed by atoms with van der Waals surface area (Å²) in [5, 5.41) is 3.81. The van der Waals surface area contributed by atoms with Crippen molar-refractivity contribution in [1.82, 2.24) is 14.7 Å². The van der Waals surface area contributed by atoms with Crippen molar-refractivity contribution in [3.8, 4) is 0 Å². The highest BCUT2D eigenvalue weighted by Crippen LogP contribution is 2.39. The molecule has 1 aromatic rings. The van der Waals surface area contributed by atoms with E-state index >= 15 is 0 Å². The molecule has 2 fully saturated rings. The summed E-state index contributed by atoms with van der Waals surface area (Å²) in [6.45, 7) is 5.66. The van der Waals surface area contributed by atoms with Crippen LogP contribution >= 0.6 is 0 Å². The number of rotatable bonds is 3. The molecule has 2 aliphatic heterocycles. The van der Waals surface area contributed by atoms with Crippen LogP contribution in [0.1, 0.15) is 38.7 Å². The molecule has 0 radical (unpaired) electrons. The van der Waals surface area contributed by atoms with E-state index in [1.807, 2.05) is 13.8 Å². The van der Waals surface area contributed by atoms with Crippen molar-refractivity contribution in [1.29, 1.82) is 0 Å². The lowest BCUT2D eigenvalue weighted by molar-refractivity contribution is -0.137. The molecule has 0 N–H and O–H groups in total. The molecular formula is C17H24F3N3O3. The van der Waals surface area contributed by atoms with Gasteiger partial charge in [-0.05, 0) is 33.1 Å². The van der Waals surface area contributed by atoms with E-state index < -0.39 is 11.7 Å². The maximum Gasteiger partial charge on any atom is 0.419 e. The molecule has 1 unspecified atom stereocenters. The molecule has 0 aromatic carbocycles. The van der Waals surface area contributed by atoms with Gasteiger partial charge < -0.3 is 14.4 Å². The van der Waals surface area contributed by atoms with Crippen LogP contribution < -0.4 is 0 Å². The van der Waals surface area contributed by atoms with Gasteiger partial charge in [-0.25, -0.2) is 4.79 Å². The second-order valence-corrected chi connectivity index (χ2v) is 7.43. The second kappa shape index (κ2) is 7.09. The fourth-order valence-corrected chi connectivity index (χ4v) is 3.65. The van der Waals surface area contributed by atoms with Crippen LogP contribution in [0.5, 0.6) is 0 Å². The zero-order valence-electron chi connectivity index (χ0n) is 15.0. The average Bonchev–Trinajstić information content (AvgIpc) is 3.15. The summed E-state index contributed by atoms with van der Waals surface area (Å²) >= 11 is 0. The van der Waals surface area contributed by atoms with Crippen LogP contribution in [0.3, 0.4) is 0 Å². The van der Waals surface area contributed by atoms with Gasteiger partial charge in [0.05, 0.1) is 30.1 Å². The van der Waals surface area contributed by atoms with Gasteiger partial charge in [-0.15, -0.1) is 0 Å². The zero-order valence-corrected chi connectivity index (χ0v) is 15.0. The van der Waals surface area contributed by atoms with Gasteiger partial charge in [0.25, 0.3) is 0 Å². The van der Waals surface area contributed by atoms with E-state index in [2.05, 4.69) is 5.10 Å². The number of halogens is 3. The molecule has 146 valence electrons. The van der Waals surface area contributed by atoms with E-state index in [-0.39, 0.29) is 23.7 Å². The van der Waals surface area contributed by atoms with Crippen molar-refractivity contribution in [2.75, 3.05) is 19.7 Å². The van der Waals surface area contributed by atoms with Crippen molar-refractivity contribution in [2.24, 2.45) is 5.92 Å². The van der Waals surface area contributed by atoms with Crippen molar-refractivity contribution in [2.45, 2.75) is 57.5 Å².